The Labute approximate surface area is 178 Å². The number of halogens is 4. The smallest absolute Gasteiger partial charge is 0.417 e. The highest BCUT2D eigenvalue weighted by Crippen LogP contribution is 2.40. The molecule has 1 N–H and O–H groups in total. The molecule has 2 aromatic carbocycles. The lowest BCUT2D eigenvalue weighted by Gasteiger charge is -2.30. The largest absolute Gasteiger partial charge is 0.478 e. The molecule has 0 saturated carbocycles. The molecule has 0 atom stereocenters. The number of anilines is 2. The van der Waals surface area contributed by atoms with Crippen LogP contribution in [-0.4, -0.2) is 27.6 Å². The predicted octanol–water partition coefficient (Wildman–Crippen LogP) is 4.33. The van der Waals surface area contributed by atoms with E-state index in [-0.39, 0.29) is 16.5 Å². The van der Waals surface area contributed by atoms with Crippen molar-refractivity contribution in [1.82, 2.24) is 0 Å². The number of carbonyl (C=O) groups excluding carboxylic acids is 1. The number of carbonyl (C=O) groups is 2. The Hall–Kier alpha value is -3.52. The van der Waals surface area contributed by atoms with Gasteiger partial charge in [0.25, 0.3) is 5.91 Å². The third kappa shape index (κ3) is 3.48. The van der Waals surface area contributed by atoms with Crippen molar-refractivity contribution in [3.63, 3.8) is 0 Å². The van der Waals surface area contributed by atoms with Gasteiger partial charge in [-0.25, -0.2) is 9.18 Å². The van der Waals surface area contributed by atoms with Crippen molar-refractivity contribution < 1.29 is 32.3 Å². The standard InChI is InChI=1S/C20H13F4N3O3S/c1-19(2)17(30)26(11-7-6-10(9-25)13(8-11)20(22,23)24)18(31)27(19)14-5-3-4-12(15(14)21)16(28)29/h3-8H,1-2H3,(H,28,29). The lowest BCUT2D eigenvalue weighted by Crippen LogP contribution is -2.45. The summed E-state index contributed by atoms with van der Waals surface area (Å²) in [6.07, 6.45) is -4.86. The number of benzene rings is 2. The number of aromatic carboxylic acids is 1. The van der Waals surface area contributed by atoms with Crippen LogP contribution in [0.4, 0.5) is 28.9 Å². The number of nitriles is 1. The van der Waals surface area contributed by atoms with Crippen molar-refractivity contribution in [3.8, 4) is 6.07 Å². The van der Waals surface area contributed by atoms with Gasteiger partial charge in [-0.1, -0.05) is 6.07 Å². The minimum atomic E-state index is -4.86. The molecule has 0 radical (unpaired) electrons. The van der Waals surface area contributed by atoms with Gasteiger partial charge in [-0.2, -0.15) is 18.4 Å². The molecule has 6 nitrogen and oxygen atoms in total. The van der Waals surface area contributed by atoms with Gasteiger partial charge < -0.3 is 10.0 Å². The van der Waals surface area contributed by atoms with Crippen molar-refractivity contribution >= 4 is 40.6 Å². The monoisotopic (exact) mass is 451 g/mol. The van der Waals surface area contributed by atoms with E-state index in [1.54, 1.807) is 0 Å². The number of alkyl halides is 3. The Morgan fingerprint density at radius 3 is 2.42 bits per heavy atom. The molecule has 0 bridgehead atoms. The molecule has 1 amide bonds. The number of carboxylic acids is 1. The molecule has 2 aromatic rings. The highest BCUT2D eigenvalue weighted by molar-refractivity contribution is 7.81. The lowest BCUT2D eigenvalue weighted by atomic mass is 10.0. The lowest BCUT2D eigenvalue weighted by molar-refractivity contribution is -0.137. The molecule has 1 aliphatic rings. The Bertz CT molecular complexity index is 1170. The number of rotatable bonds is 3. The van der Waals surface area contributed by atoms with E-state index in [1.165, 1.54) is 32.0 Å². The molecule has 31 heavy (non-hydrogen) atoms. The molecule has 0 aromatic heterocycles. The highest BCUT2D eigenvalue weighted by Gasteiger charge is 2.51. The summed E-state index contributed by atoms with van der Waals surface area (Å²) < 4.78 is 55.0. The number of hydrogen-bond donors (Lipinski definition) is 1. The van der Waals surface area contributed by atoms with Crippen LogP contribution in [0.2, 0.25) is 0 Å². The van der Waals surface area contributed by atoms with E-state index in [2.05, 4.69) is 0 Å². The van der Waals surface area contributed by atoms with E-state index in [1.807, 2.05) is 0 Å². The van der Waals surface area contributed by atoms with Crippen LogP contribution in [-0.2, 0) is 11.0 Å². The summed E-state index contributed by atoms with van der Waals surface area (Å²) in [5.74, 6) is -3.43. The summed E-state index contributed by atoms with van der Waals surface area (Å²) in [4.78, 5) is 26.2. The van der Waals surface area contributed by atoms with Gasteiger partial charge in [0.05, 0.1) is 34.1 Å². The quantitative estimate of drug-likeness (QED) is 0.552. The Morgan fingerprint density at radius 1 is 1.23 bits per heavy atom. The van der Waals surface area contributed by atoms with Crippen molar-refractivity contribution in [3.05, 3.63) is 58.9 Å². The molecular weight excluding hydrogens is 438 g/mol. The Kier molecular flexibility index (Phi) is 5.23. The van der Waals surface area contributed by atoms with Gasteiger partial charge in [-0.3, -0.25) is 9.69 Å². The van der Waals surface area contributed by atoms with E-state index in [0.717, 1.165) is 28.0 Å². The summed E-state index contributed by atoms with van der Waals surface area (Å²) in [5.41, 5.74) is -4.65. The molecule has 0 unspecified atom stereocenters. The number of thiocarbonyl (C=S) groups is 1. The van der Waals surface area contributed by atoms with Crippen LogP contribution in [0.25, 0.3) is 0 Å². The highest BCUT2D eigenvalue weighted by atomic mass is 32.1. The first-order valence-electron chi connectivity index (χ1n) is 8.64. The molecule has 1 fully saturated rings. The summed E-state index contributed by atoms with van der Waals surface area (Å²) in [6.45, 7) is 2.76. The predicted molar refractivity (Wildman–Crippen MR) is 106 cm³/mol. The second kappa shape index (κ2) is 7.31. The third-order valence-electron chi connectivity index (χ3n) is 4.80. The van der Waals surface area contributed by atoms with Gasteiger partial charge in [0.1, 0.15) is 5.54 Å². The average Bonchev–Trinajstić information content (AvgIpc) is 2.85. The normalized spacial score (nSPS) is 15.9. The molecule has 1 saturated heterocycles. The van der Waals surface area contributed by atoms with E-state index < -0.39 is 46.1 Å². The molecular formula is C20H13F4N3O3S. The van der Waals surface area contributed by atoms with Crippen molar-refractivity contribution in [1.29, 1.82) is 5.26 Å². The van der Waals surface area contributed by atoms with Crippen molar-refractivity contribution in [2.75, 3.05) is 9.80 Å². The number of nitrogens with zero attached hydrogens (tertiary/aromatic N) is 3. The maximum Gasteiger partial charge on any atom is 0.417 e. The fourth-order valence-electron chi connectivity index (χ4n) is 3.29. The van der Waals surface area contributed by atoms with Gasteiger partial charge in [-0.15, -0.1) is 0 Å². The van der Waals surface area contributed by atoms with E-state index in [0.29, 0.717) is 6.07 Å². The summed E-state index contributed by atoms with van der Waals surface area (Å²) >= 11 is 5.29. The average molecular weight is 451 g/mol. The molecule has 3 rings (SSSR count). The van der Waals surface area contributed by atoms with Gasteiger partial charge in [0.15, 0.2) is 10.9 Å². The molecule has 0 spiro atoms. The minimum absolute atomic E-state index is 0.258. The first kappa shape index (κ1) is 22.2. The molecule has 1 heterocycles. The topological polar surface area (TPSA) is 84.6 Å². The number of carboxylic acid groups (broad SMARTS) is 1. The van der Waals surface area contributed by atoms with Crippen LogP contribution >= 0.6 is 12.2 Å². The fraction of sp³-hybridized carbons (Fsp3) is 0.200. The SMILES string of the molecule is CC1(C)C(=O)N(c2ccc(C#N)c(C(F)(F)F)c2)C(=S)N1c1cccc(C(=O)O)c1F. The number of amides is 1. The Balaban J connectivity index is 2.17. The molecule has 1 aliphatic heterocycles. The van der Waals surface area contributed by atoms with Gasteiger partial charge in [0.2, 0.25) is 0 Å². The molecule has 160 valence electrons. The van der Waals surface area contributed by atoms with E-state index in [9.17, 15) is 27.2 Å². The Morgan fingerprint density at radius 2 is 1.87 bits per heavy atom. The van der Waals surface area contributed by atoms with Crippen molar-refractivity contribution in [2.24, 2.45) is 0 Å². The van der Waals surface area contributed by atoms with Gasteiger partial charge in [0, 0.05) is 0 Å². The minimum Gasteiger partial charge on any atom is -0.478 e. The zero-order valence-corrected chi connectivity index (χ0v) is 16.8. The zero-order valence-electron chi connectivity index (χ0n) is 16.0. The van der Waals surface area contributed by atoms with Crippen LogP contribution in [0.15, 0.2) is 36.4 Å². The van der Waals surface area contributed by atoms with Crippen LogP contribution in [0.3, 0.4) is 0 Å². The van der Waals surface area contributed by atoms with E-state index >= 15 is 0 Å². The van der Waals surface area contributed by atoms with Gasteiger partial charge in [-0.05, 0) is 56.4 Å². The first-order valence-corrected chi connectivity index (χ1v) is 9.05. The maximum atomic E-state index is 14.9. The van der Waals surface area contributed by atoms with Crippen molar-refractivity contribution in [2.45, 2.75) is 25.6 Å². The summed E-state index contributed by atoms with van der Waals surface area (Å²) in [6, 6.07) is 7.61. The maximum absolute atomic E-state index is 14.9. The molecule has 11 heteroatoms. The number of hydrogen-bond acceptors (Lipinski definition) is 4. The first-order chi connectivity index (χ1) is 14.3. The zero-order chi connectivity index (χ0) is 23.3. The summed E-state index contributed by atoms with van der Waals surface area (Å²) in [7, 11) is 0. The second-order valence-electron chi connectivity index (χ2n) is 7.10. The van der Waals surface area contributed by atoms with Crippen LogP contribution in [0, 0.1) is 17.1 Å². The molecule has 0 aliphatic carbocycles. The van der Waals surface area contributed by atoms with Gasteiger partial charge >= 0.3 is 12.1 Å². The van der Waals surface area contributed by atoms with Crippen LogP contribution < -0.4 is 9.80 Å². The fourth-order valence-corrected chi connectivity index (χ4v) is 3.80. The van der Waals surface area contributed by atoms with E-state index in [4.69, 9.17) is 22.6 Å². The van der Waals surface area contributed by atoms with Crippen LogP contribution in [0.1, 0.15) is 35.3 Å². The second-order valence-corrected chi connectivity index (χ2v) is 7.47. The van der Waals surface area contributed by atoms with Crippen LogP contribution in [0.5, 0.6) is 0 Å². The summed E-state index contributed by atoms with van der Waals surface area (Å²) in [5, 5.41) is 17.8. The third-order valence-corrected chi connectivity index (χ3v) is 5.17.